The Labute approximate surface area is 191 Å². The van der Waals surface area contributed by atoms with Crippen LogP contribution in [0.15, 0.2) is 30.6 Å². The molecule has 3 heterocycles. The minimum absolute atomic E-state index is 0.139. The van der Waals surface area contributed by atoms with E-state index in [0.717, 1.165) is 11.1 Å². The molecule has 1 aromatic carbocycles. The van der Waals surface area contributed by atoms with Gasteiger partial charge in [-0.3, -0.25) is 9.59 Å². The van der Waals surface area contributed by atoms with Gasteiger partial charge in [-0.05, 0) is 26.0 Å². The lowest BCUT2D eigenvalue weighted by atomic mass is 9.95. The van der Waals surface area contributed by atoms with E-state index in [2.05, 4.69) is 16.2 Å². The van der Waals surface area contributed by atoms with Crippen molar-refractivity contribution in [3.8, 4) is 17.3 Å². The average Bonchev–Trinajstić information content (AvgIpc) is 3.16. The fourth-order valence-corrected chi connectivity index (χ4v) is 4.42. The molecule has 10 nitrogen and oxygen atoms in total. The third-order valence-electron chi connectivity index (χ3n) is 6.05. The van der Waals surface area contributed by atoms with Crippen LogP contribution in [0.1, 0.15) is 31.9 Å². The van der Waals surface area contributed by atoms with Crippen LogP contribution in [0.2, 0.25) is 0 Å². The number of hydrogen-bond donors (Lipinski definition) is 1. The molecule has 0 bridgehead atoms. The summed E-state index contributed by atoms with van der Waals surface area (Å²) < 4.78 is 6.95. The molecule has 3 aromatic rings. The summed E-state index contributed by atoms with van der Waals surface area (Å²) in [7, 11) is 1.59. The number of benzene rings is 1. The van der Waals surface area contributed by atoms with Gasteiger partial charge < -0.3 is 20.3 Å². The number of anilines is 2. The van der Waals surface area contributed by atoms with E-state index in [0.29, 0.717) is 42.2 Å². The third-order valence-corrected chi connectivity index (χ3v) is 6.05. The second-order valence-electron chi connectivity index (χ2n) is 8.42. The SMILES string of the molecule is COCc1ccc(-c2cc(C#N)c3c(N)ncnn23)cc1N1CCN(C(C)=O)C(C)(C)C1=O. The molecule has 0 atom stereocenters. The Bertz CT molecular complexity index is 1310. The molecular weight excluding hydrogens is 422 g/mol. The number of methoxy groups -OCH3 is 1. The van der Waals surface area contributed by atoms with Gasteiger partial charge in [-0.15, -0.1) is 0 Å². The van der Waals surface area contributed by atoms with Crippen LogP contribution in [-0.4, -0.2) is 57.1 Å². The van der Waals surface area contributed by atoms with Crippen molar-refractivity contribution in [2.24, 2.45) is 0 Å². The number of nitrogens with two attached hydrogens (primary N) is 1. The molecule has 1 saturated heterocycles. The summed E-state index contributed by atoms with van der Waals surface area (Å²) in [5.41, 5.74) is 8.72. The first-order valence-corrected chi connectivity index (χ1v) is 10.5. The standard InChI is InChI=1S/C23H25N7O3/c1-14(31)29-8-7-28(22(32)23(29,2)3)18-9-15(5-6-16(18)12-33-4)19-10-17(11-24)20-21(25)26-13-27-30(19)20/h5-6,9-10,13H,7-8,12H2,1-4H3,(H2,25,26,27). The highest BCUT2D eigenvalue weighted by Crippen LogP contribution is 2.35. The van der Waals surface area contributed by atoms with Gasteiger partial charge in [0.25, 0.3) is 5.91 Å². The number of hydrogen-bond acceptors (Lipinski definition) is 7. The normalized spacial score (nSPS) is 15.7. The fourth-order valence-electron chi connectivity index (χ4n) is 4.42. The summed E-state index contributed by atoms with van der Waals surface area (Å²) in [6, 6.07) is 9.51. The molecule has 0 saturated carbocycles. The second kappa shape index (κ2) is 8.18. The second-order valence-corrected chi connectivity index (χ2v) is 8.42. The van der Waals surface area contributed by atoms with Gasteiger partial charge >= 0.3 is 0 Å². The van der Waals surface area contributed by atoms with Gasteiger partial charge in [0.1, 0.15) is 23.5 Å². The van der Waals surface area contributed by atoms with Crippen molar-refractivity contribution in [1.82, 2.24) is 19.5 Å². The highest BCUT2D eigenvalue weighted by molar-refractivity contribution is 6.03. The number of nitrogen functional groups attached to an aromatic ring is 1. The lowest BCUT2D eigenvalue weighted by molar-refractivity contribution is -0.145. The quantitative estimate of drug-likeness (QED) is 0.647. The number of carbonyl (C=O) groups excluding carboxylic acids is 2. The Hall–Kier alpha value is -3.97. The molecule has 170 valence electrons. The Balaban J connectivity index is 1.86. The van der Waals surface area contributed by atoms with Gasteiger partial charge in [0.2, 0.25) is 5.91 Å². The largest absolute Gasteiger partial charge is 0.382 e. The number of carbonyl (C=O) groups is 2. The van der Waals surface area contributed by atoms with E-state index in [9.17, 15) is 14.9 Å². The summed E-state index contributed by atoms with van der Waals surface area (Å²) in [5.74, 6) is -0.108. The molecular formula is C23H25N7O3. The predicted molar refractivity (Wildman–Crippen MR) is 122 cm³/mol. The van der Waals surface area contributed by atoms with E-state index in [-0.39, 0.29) is 17.6 Å². The highest BCUT2D eigenvalue weighted by Gasteiger charge is 2.44. The highest BCUT2D eigenvalue weighted by atomic mass is 16.5. The lowest BCUT2D eigenvalue weighted by Gasteiger charge is -2.46. The number of fused-ring (bicyclic) bond motifs is 1. The van der Waals surface area contributed by atoms with Gasteiger partial charge in [0.15, 0.2) is 5.82 Å². The van der Waals surface area contributed by atoms with E-state index in [1.165, 1.54) is 13.3 Å². The zero-order valence-corrected chi connectivity index (χ0v) is 19.0. The van der Waals surface area contributed by atoms with Crippen molar-refractivity contribution in [3.05, 3.63) is 41.7 Å². The maximum Gasteiger partial charge on any atom is 0.252 e. The van der Waals surface area contributed by atoms with Crippen LogP contribution in [0.25, 0.3) is 16.8 Å². The first kappa shape index (κ1) is 22.2. The summed E-state index contributed by atoms with van der Waals surface area (Å²) in [6.45, 7) is 6.06. The monoisotopic (exact) mass is 447 g/mol. The van der Waals surface area contributed by atoms with Gasteiger partial charge in [-0.25, -0.2) is 9.50 Å². The molecule has 33 heavy (non-hydrogen) atoms. The molecule has 2 N–H and O–H groups in total. The topological polar surface area (TPSA) is 130 Å². The Morgan fingerprint density at radius 2 is 2.06 bits per heavy atom. The maximum atomic E-state index is 13.5. The minimum atomic E-state index is -0.984. The first-order valence-electron chi connectivity index (χ1n) is 10.5. The van der Waals surface area contributed by atoms with Crippen molar-refractivity contribution < 1.29 is 14.3 Å². The smallest absolute Gasteiger partial charge is 0.252 e. The summed E-state index contributed by atoms with van der Waals surface area (Å²) in [6.07, 6.45) is 1.33. The predicted octanol–water partition coefficient (Wildman–Crippen LogP) is 1.97. The maximum absolute atomic E-state index is 13.5. The van der Waals surface area contributed by atoms with Crippen LogP contribution in [0.5, 0.6) is 0 Å². The van der Waals surface area contributed by atoms with Crippen LogP contribution >= 0.6 is 0 Å². The van der Waals surface area contributed by atoms with Crippen molar-refractivity contribution >= 4 is 28.8 Å². The Morgan fingerprint density at radius 3 is 2.73 bits per heavy atom. The minimum Gasteiger partial charge on any atom is -0.382 e. The average molecular weight is 447 g/mol. The number of piperazine rings is 1. The van der Waals surface area contributed by atoms with Gasteiger partial charge in [0, 0.05) is 43.9 Å². The summed E-state index contributed by atoms with van der Waals surface area (Å²) in [5, 5.41) is 13.9. The molecule has 1 aliphatic rings. The Morgan fingerprint density at radius 1 is 1.30 bits per heavy atom. The van der Waals surface area contributed by atoms with Crippen molar-refractivity contribution in [2.45, 2.75) is 32.9 Å². The van der Waals surface area contributed by atoms with Crippen LogP contribution in [0.3, 0.4) is 0 Å². The molecule has 2 aromatic heterocycles. The molecule has 10 heteroatoms. The number of ether oxygens (including phenoxy) is 1. The summed E-state index contributed by atoms with van der Waals surface area (Å²) in [4.78, 5) is 32.8. The molecule has 1 aliphatic heterocycles. The van der Waals surface area contributed by atoms with Gasteiger partial charge in [-0.2, -0.15) is 10.4 Å². The molecule has 0 spiro atoms. The van der Waals surface area contributed by atoms with Crippen LogP contribution in [-0.2, 0) is 20.9 Å². The van der Waals surface area contributed by atoms with Gasteiger partial charge in [0.05, 0.1) is 17.9 Å². The van der Waals surface area contributed by atoms with Crippen LogP contribution < -0.4 is 10.6 Å². The molecule has 2 amide bonds. The molecule has 0 unspecified atom stereocenters. The first-order chi connectivity index (χ1) is 15.7. The molecule has 0 aliphatic carbocycles. The third kappa shape index (κ3) is 3.56. The van der Waals surface area contributed by atoms with Crippen molar-refractivity contribution in [3.63, 3.8) is 0 Å². The van der Waals surface area contributed by atoms with Crippen LogP contribution in [0, 0.1) is 11.3 Å². The van der Waals surface area contributed by atoms with E-state index < -0.39 is 5.54 Å². The van der Waals surface area contributed by atoms with E-state index in [1.807, 2.05) is 18.2 Å². The molecule has 1 fully saturated rings. The number of aromatic nitrogens is 3. The molecule has 0 radical (unpaired) electrons. The summed E-state index contributed by atoms with van der Waals surface area (Å²) >= 11 is 0. The number of rotatable bonds is 4. The number of nitriles is 1. The number of nitrogens with zero attached hydrogens (tertiary/aromatic N) is 6. The lowest BCUT2D eigenvalue weighted by Crippen LogP contribution is -2.64. The Kier molecular flexibility index (Phi) is 5.51. The molecule has 4 rings (SSSR count). The van der Waals surface area contributed by atoms with Crippen molar-refractivity contribution in [2.75, 3.05) is 30.8 Å². The number of amides is 2. The van der Waals surface area contributed by atoms with Gasteiger partial charge in [-0.1, -0.05) is 12.1 Å². The zero-order valence-electron chi connectivity index (χ0n) is 19.0. The van der Waals surface area contributed by atoms with E-state index >= 15 is 0 Å². The van der Waals surface area contributed by atoms with Crippen molar-refractivity contribution in [1.29, 1.82) is 5.26 Å². The van der Waals surface area contributed by atoms with E-state index in [4.69, 9.17) is 10.5 Å². The van der Waals surface area contributed by atoms with Crippen LogP contribution in [0.4, 0.5) is 11.5 Å². The fraction of sp³-hybridized carbons (Fsp3) is 0.348. The van der Waals surface area contributed by atoms with E-state index in [1.54, 1.807) is 41.3 Å². The zero-order chi connectivity index (χ0) is 23.9.